The molecule has 0 fully saturated rings. The second-order valence-electron chi connectivity index (χ2n) is 5.41. The number of hydrogen-bond donors (Lipinski definition) is 2. The molecule has 0 unspecified atom stereocenters. The molecular formula is C18H19ClN2O. The van der Waals surface area contributed by atoms with Crippen molar-refractivity contribution >= 4 is 22.5 Å². The summed E-state index contributed by atoms with van der Waals surface area (Å²) in [6.45, 7) is 0.514. The zero-order valence-corrected chi connectivity index (χ0v) is 13.2. The van der Waals surface area contributed by atoms with E-state index in [1.165, 1.54) is 0 Å². The van der Waals surface area contributed by atoms with Crippen molar-refractivity contribution in [3.05, 3.63) is 71.4 Å². The van der Waals surface area contributed by atoms with Crippen molar-refractivity contribution in [3.63, 3.8) is 0 Å². The van der Waals surface area contributed by atoms with E-state index in [1.807, 2.05) is 67.8 Å². The van der Waals surface area contributed by atoms with Crippen LogP contribution in [0.5, 0.6) is 0 Å². The van der Waals surface area contributed by atoms with Crippen molar-refractivity contribution in [2.75, 3.05) is 13.6 Å². The smallest absolute Gasteiger partial charge is 0.0912 e. The number of rotatable bonds is 5. The molecule has 3 aromatic rings. The van der Waals surface area contributed by atoms with Gasteiger partial charge in [0, 0.05) is 17.8 Å². The summed E-state index contributed by atoms with van der Waals surface area (Å²) < 4.78 is 2.10. The van der Waals surface area contributed by atoms with Gasteiger partial charge in [-0.1, -0.05) is 48.0 Å². The Bertz CT molecular complexity index is 754. The van der Waals surface area contributed by atoms with Gasteiger partial charge in [-0.05, 0) is 36.2 Å². The van der Waals surface area contributed by atoms with Gasteiger partial charge in [0.25, 0.3) is 0 Å². The standard InChI is InChI=1S/C18H19ClN2O/c1-20-12-17(22)18(14-5-3-2-4-6-14)21-10-9-13-7-8-15(19)11-16(13)21/h2-11,17-18,20,22H,12H2,1H3/t17-,18+/m1/s1. The van der Waals surface area contributed by atoms with E-state index in [1.54, 1.807) is 0 Å². The number of benzene rings is 2. The fourth-order valence-corrected chi connectivity index (χ4v) is 3.07. The van der Waals surface area contributed by atoms with E-state index in [0.29, 0.717) is 11.6 Å². The van der Waals surface area contributed by atoms with Crippen LogP contribution in [0.1, 0.15) is 11.6 Å². The first kappa shape index (κ1) is 15.1. The summed E-state index contributed by atoms with van der Waals surface area (Å²) in [6, 6.07) is 17.8. The van der Waals surface area contributed by atoms with Gasteiger partial charge < -0.3 is 15.0 Å². The lowest BCUT2D eigenvalue weighted by Gasteiger charge is -2.26. The van der Waals surface area contributed by atoms with Crippen LogP contribution in [0.15, 0.2) is 60.8 Å². The van der Waals surface area contributed by atoms with Crippen LogP contribution in [0.4, 0.5) is 0 Å². The quantitative estimate of drug-likeness (QED) is 0.756. The molecule has 1 heterocycles. The predicted molar refractivity (Wildman–Crippen MR) is 91.5 cm³/mol. The van der Waals surface area contributed by atoms with Crippen LogP contribution in [0.25, 0.3) is 10.9 Å². The number of aliphatic hydroxyl groups excluding tert-OH is 1. The van der Waals surface area contributed by atoms with Gasteiger partial charge in [0.15, 0.2) is 0 Å². The molecule has 0 saturated carbocycles. The summed E-state index contributed by atoms with van der Waals surface area (Å²) in [5.74, 6) is 0. The number of aliphatic hydroxyl groups is 1. The average Bonchev–Trinajstić information content (AvgIpc) is 2.92. The topological polar surface area (TPSA) is 37.2 Å². The monoisotopic (exact) mass is 314 g/mol. The van der Waals surface area contributed by atoms with Gasteiger partial charge in [0.05, 0.1) is 17.7 Å². The maximum absolute atomic E-state index is 10.6. The van der Waals surface area contributed by atoms with Crippen molar-refractivity contribution in [1.29, 1.82) is 0 Å². The summed E-state index contributed by atoms with van der Waals surface area (Å²) in [6.07, 6.45) is 1.47. The molecule has 0 bridgehead atoms. The third-order valence-electron chi connectivity index (χ3n) is 3.90. The number of likely N-dealkylation sites (N-methyl/N-ethyl adjacent to an activating group) is 1. The van der Waals surface area contributed by atoms with Gasteiger partial charge in [-0.3, -0.25) is 0 Å². The van der Waals surface area contributed by atoms with Crippen molar-refractivity contribution in [2.24, 2.45) is 0 Å². The molecule has 2 atom stereocenters. The molecule has 0 spiro atoms. The highest BCUT2D eigenvalue weighted by atomic mass is 35.5. The van der Waals surface area contributed by atoms with E-state index < -0.39 is 6.10 Å². The number of fused-ring (bicyclic) bond motifs is 1. The van der Waals surface area contributed by atoms with Gasteiger partial charge in [0.1, 0.15) is 0 Å². The third-order valence-corrected chi connectivity index (χ3v) is 4.14. The maximum atomic E-state index is 10.6. The molecule has 3 rings (SSSR count). The van der Waals surface area contributed by atoms with Crippen LogP contribution in [-0.2, 0) is 0 Å². The Morgan fingerprint density at radius 2 is 1.91 bits per heavy atom. The van der Waals surface area contributed by atoms with Gasteiger partial charge in [0.2, 0.25) is 0 Å². The van der Waals surface area contributed by atoms with Crippen LogP contribution in [-0.4, -0.2) is 29.4 Å². The second kappa shape index (κ2) is 6.53. The Labute approximate surface area is 135 Å². The minimum absolute atomic E-state index is 0.162. The Balaban J connectivity index is 2.13. The average molecular weight is 315 g/mol. The van der Waals surface area contributed by atoms with Crippen molar-refractivity contribution < 1.29 is 5.11 Å². The normalized spacial score (nSPS) is 14.1. The van der Waals surface area contributed by atoms with Crippen LogP contribution in [0, 0.1) is 0 Å². The van der Waals surface area contributed by atoms with E-state index in [-0.39, 0.29) is 6.04 Å². The Morgan fingerprint density at radius 3 is 2.64 bits per heavy atom. The van der Waals surface area contributed by atoms with Gasteiger partial charge in [-0.25, -0.2) is 0 Å². The highest BCUT2D eigenvalue weighted by Gasteiger charge is 2.23. The summed E-state index contributed by atoms with van der Waals surface area (Å²) in [5.41, 5.74) is 2.10. The third kappa shape index (κ3) is 2.88. The van der Waals surface area contributed by atoms with Crippen molar-refractivity contribution in [3.8, 4) is 0 Å². The minimum atomic E-state index is -0.540. The molecule has 0 radical (unpaired) electrons. The molecule has 4 heteroatoms. The lowest BCUT2D eigenvalue weighted by atomic mass is 10.0. The van der Waals surface area contributed by atoms with Crippen molar-refractivity contribution in [1.82, 2.24) is 9.88 Å². The molecule has 2 N–H and O–H groups in total. The largest absolute Gasteiger partial charge is 0.389 e. The molecule has 2 aromatic carbocycles. The molecule has 0 saturated heterocycles. The summed E-state index contributed by atoms with van der Waals surface area (Å²) >= 11 is 6.15. The Hall–Kier alpha value is -1.81. The van der Waals surface area contributed by atoms with E-state index in [9.17, 15) is 5.11 Å². The van der Waals surface area contributed by atoms with Gasteiger partial charge in [-0.2, -0.15) is 0 Å². The lowest BCUT2D eigenvalue weighted by molar-refractivity contribution is 0.132. The highest BCUT2D eigenvalue weighted by Crippen LogP contribution is 2.29. The maximum Gasteiger partial charge on any atom is 0.0912 e. The van der Waals surface area contributed by atoms with E-state index >= 15 is 0 Å². The molecule has 3 nitrogen and oxygen atoms in total. The molecule has 0 aliphatic heterocycles. The number of nitrogens with zero attached hydrogens (tertiary/aromatic N) is 1. The number of aromatic nitrogens is 1. The van der Waals surface area contributed by atoms with Crippen LogP contribution >= 0.6 is 11.6 Å². The zero-order chi connectivity index (χ0) is 15.5. The number of halogens is 1. The second-order valence-corrected chi connectivity index (χ2v) is 5.84. The van der Waals surface area contributed by atoms with E-state index in [0.717, 1.165) is 16.5 Å². The molecule has 0 amide bonds. The zero-order valence-electron chi connectivity index (χ0n) is 12.4. The van der Waals surface area contributed by atoms with E-state index in [4.69, 9.17) is 11.6 Å². The van der Waals surface area contributed by atoms with Crippen LogP contribution < -0.4 is 5.32 Å². The van der Waals surface area contributed by atoms with Gasteiger partial charge in [-0.15, -0.1) is 0 Å². The summed E-state index contributed by atoms with van der Waals surface area (Å²) in [7, 11) is 1.84. The molecule has 0 aliphatic carbocycles. The SMILES string of the molecule is CNC[C@@H](O)[C@H](c1ccccc1)n1ccc2ccc(Cl)cc21. The molecule has 22 heavy (non-hydrogen) atoms. The lowest BCUT2D eigenvalue weighted by Crippen LogP contribution is -2.33. The first-order valence-corrected chi connectivity index (χ1v) is 7.72. The van der Waals surface area contributed by atoms with Crippen molar-refractivity contribution in [2.45, 2.75) is 12.1 Å². The van der Waals surface area contributed by atoms with Gasteiger partial charge >= 0.3 is 0 Å². The predicted octanol–water partition coefficient (Wildman–Crippen LogP) is 3.46. The fraction of sp³-hybridized carbons (Fsp3) is 0.222. The Kier molecular flexibility index (Phi) is 4.48. The minimum Gasteiger partial charge on any atom is -0.389 e. The molecule has 1 aromatic heterocycles. The summed E-state index contributed by atoms with van der Waals surface area (Å²) in [4.78, 5) is 0. The highest BCUT2D eigenvalue weighted by molar-refractivity contribution is 6.31. The first-order chi connectivity index (χ1) is 10.7. The van der Waals surface area contributed by atoms with Crippen LogP contribution in [0.2, 0.25) is 5.02 Å². The van der Waals surface area contributed by atoms with E-state index in [2.05, 4.69) is 9.88 Å². The number of hydrogen-bond acceptors (Lipinski definition) is 2. The molecule has 114 valence electrons. The first-order valence-electron chi connectivity index (χ1n) is 7.34. The molecular weight excluding hydrogens is 296 g/mol. The Morgan fingerprint density at radius 1 is 1.14 bits per heavy atom. The number of nitrogens with one attached hydrogen (secondary N) is 1. The molecule has 0 aliphatic rings. The fourth-order valence-electron chi connectivity index (χ4n) is 2.90. The van der Waals surface area contributed by atoms with Crippen LogP contribution in [0.3, 0.4) is 0 Å². The summed E-state index contributed by atoms with van der Waals surface area (Å²) in [5, 5.41) is 15.5.